The Morgan fingerprint density at radius 1 is 1.29 bits per heavy atom. The van der Waals surface area contributed by atoms with Gasteiger partial charge in [-0.15, -0.1) is 0 Å². The fourth-order valence-corrected chi connectivity index (χ4v) is 2.59. The average molecular weight is 294 g/mol. The first-order chi connectivity index (χ1) is 8.29. The Hall–Kier alpha value is -0.600. The summed E-state index contributed by atoms with van der Waals surface area (Å²) in [4.78, 5) is 0. The van der Waals surface area contributed by atoms with Crippen molar-refractivity contribution in [2.45, 2.75) is 38.1 Å². The molecular formula is C15H20BrN. The first kappa shape index (κ1) is 12.8. The van der Waals surface area contributed by atoms with Crippen molar-refractivity contribution < 1.29 is 0 Å². The van der Waals surface area contributed by atoms with Gasteiger partial charge in [-0.2, -0.15) is 0 Å². The van der Waals surface area contributed by atoms with E-state index in [2.05, 4.69) is 64.6 Å². The Kier molecular flexibility index (Phi) is 4.81. The zero-order valence-electron chi connectivity index (χ0n) is 10.3. The zero-order valence-corrected chi connectivity index (χ0v) is 11.9. The van der Waals surface area contributed by atoms with Crippen LogP contribution in [0.5, 0.6) is 0 Å². The van der Waals surface area contributed by atoms with Gasteiger partial charge in [-0.3, -0.25) is 0 Å². The molecule has 0 spiro atoms. The van der Waals surface area contributed by atoms with Crippen molar-refractivity contribution in [3.8, 4) is 0 Å². The fourth-order valence-electron chi connectivity index (χ4n) is 2.33. The molecule has 1 fully saturated rings. The van der Waals surface area contributed by atoms with Gasteiger partial charge < -0.3 is 5.32 Å². The molecule has 0 saturated heterocycles. The Morgan fingerprint density at radius 2 is 2.00 bits per heavy atom. The molecular weight excluding hydrogens is 274 g/mol. The Morgan fingerprint density at radius 3 is 2.65 bits per heavy atom. The van der Waals surface area contributed by atoms with Crippen LogP contribution < -0.4 is 5.32 Å². The second kappa shape index (κ2) is 6.36. The molecule has 1 N–H and O–H groups in total. The van der Waals surface area contributed by atoms with Crippen LogP contribution in [0.3, 0.4) is 0 Å². The highest BCUT2D eigenvalue weighted by molar-refractivity contribution is 9.10. The number of halogens is 1. The van der Waals surface area contributed by atoms with E-state index in [1.165, 1.54) is 22.9 Å². The van der Waals surface area contributed by atoms with Crippen molar-refractivity contribution in [2.24, 2.45) is 0 Å². The third-order valence-electron chi connectivity index (χ3n) is 3.46. The van der Waals surface area contributed by atoms with Crippen LogP contribution in [-0.4, -0.2) is 12.6 Å². The topological polar surface area (TPSA) is 12.0 Å². The van der Waals surface area contributed by atoms with E-state index in [9.17, 15) is 0 Å². The van der Waals surface area contributed by atoms with E-state index in [-0.39, 0.29) is 0 Å². The van der Waals surface area contributed by atoms with Gasteiger partial charge in [0.25, 0.3) is 0 Å². The largest absolute Gasteiger partial charge is 0.314 e. The summed E-state index contributed by atoms with van der Waals surface area (Å²) in [6.07, 6.45) is 8.07. The van der Waals surface area contributed by atoms with Crippen molar-refractivity contribution in [3.63, 3.8) is 0 Å². The van der Waals surface area contributed by atoms with E-state index in [0.29, 0.717) is 0 Å². The standard InChI is InChI=1S/C15H20BrN/c1-2-3-4-9-17-15-10-13(11-15)12-5-7-14(16)8-6-12/h2-3,5-8,13,15,17H,4,9-11H2,1H3/b3-2+. The molecule has 1 aromatic carbocycles. The zero-order chi connectivity index (χ0) is 12.1. The molecule has 92 valence electrons. The number of nitrogens with one attached hydrogen (secondary N) is 1. The highest BCUT2D eigenvalue weighted by atomic mass is 79.9. The van der Waals surface area contributed by atoms with Gasteiger partial charge in [0.05, 0.1) is 0 Å². The van der Waals surface area contributed by atoms with Gasteiger partial charge in [0, 0.05) is 10.5 Å². The van der Waals surface area contributed by atoms with Crippen molar-refractivity contribution in [2.75, 3.05) is 6.54 Å². The molecule has 1 saturated carbocycles. The molecule has 0 heterocycles. The smallest absolute Gasteiger partial charge is 0.0175 e. The molecule has 1 nitrogen and oxygen atoms in total. The quantitative estimate of drug-likeness (QED) is 0.632. The van der Waals surface area contributed by atoms with Gasteiger partial charge in [0.1, 0.15) is 0 Å². The Labute approximate surface area is 112 Å². The SMILES string of the molecule is C/C=C/CCNC1CC(c2ccc(Br)cc2)C1. The molecule has 2 heteroatoms. The summed E-state index contributed by atoms with van der Waals surface area (Å²) >= 11 is 3.48. The third kappa shape index (κ3) is 3.68. The minimum absolute atomic E-state index is 0.730. The lowest BCUT2D eigenvalue weighted by atomic mass is 9.76. The van der Waals surface area contributed by atoms with E-state index in [1.807, 2.05) is 0 Å². The second-order valence-electron chi connectivity index (χ2n) is 4.73. The molecule has 17 heavy (non-hydrogen) atoms. The van der Waals surface area contributed by atoms with Crippen LogP contribution in [0.4, 0.5) is 0 Å². The lowest BCUT2D eigenvalue weighted by molar-refractivity contribution is 0.293. The fraction of sp³-hybridized carbons (Fsp3) is 0.467. The molecule has 0 atom stereocenters. The minimum Gasteiger partial charge on any atom is -0.314 e. The molecule has 0 aliphatic heterocycles. The Balaban J connectivity index is 1.70. The Bertz CT molecular complexity index is 363. The molecule has 2 rings (SSSR count). The van der Waals surface area contributed by atoms with Gasteiger partial charge in [0.15, 0.2) is 0 Å². The molecule has 1 aliphatic carbocycles. The van der Waals surface area contributed by atoms with Crippen LogP contribution >= 0.6 is 15.9 Å². The average Bonchev–Trinajstić information content (AvgIpc) is 2.28. The summed E-state index contributed by atoms with van der Waals surface area (Å²) in [6, 6.07) is 9.49. The van der Waals surface area contributed by atoms with E-state index in [1.54, 1.807) is 0 Å². The van der Waals surface area contributed by atoms with Gasteiger partial charge in [-0.05, 0) is 56.3 Å². The molecule has 1 aromatic rings. The molecule has 0 radical (unpaired) electrons. The molecule has 0 amide bonds. The van der Waals surface area contributed by atoms with Crippen LogP contribution in [0.1, 0.15) is 37.7 Å². The first-order valence-electron chi connectivity index (χ1n) is 6.39. The van der Waals surface area contributed by atoms with Crippen molar-refractivity contribution in [1.29, 1.82) is 0 Å². The molecule has 0 aromatic heterocycles. The first-order valence-corrected chi connectivity index (χ1v) is 7.19. The number of hydrogen-bond donors (Lipinski definition) is 1. The van der Waals surface area contributed by atoms with Crippen LogP contribution in [0.15, 0.2) is 40.9 Å². The maximum Gasteiger partial charge on any atom is 0.0175 e. The van der Waals surface area contributed by atoms with Gasteiger partial charge in [0.2, 0.25) is 0 Å². The summed E-state index contributed by atoms with van der Waals surface area (Å²) in [7, 11) is 0. The van der Waals surface area contributed by atoms with E-state index in [4.69, 9.17) is 0 Å². The summed E-state index contributed by atoms with van der Waals surface area (Å²) in [6.45, 7) is 3.19. The van der Waals surface area contributed by atoms with Crippen LogP contribution in [-0.2, 0) is 0 Å². The van der Waals surface area contributed by atoms with Crippen LogP contribution in [0.2, 0.25) is 0 Å². The van der Waals surface area contributed by atoms with Gasteiger partial charge >= 0.3 is 0 Å². The molecule has 0 unspecified atom stereocenters. The summed E-state index contributed by atoms with van der Waals surface area (Å²) in [5.74, 6) is 0.766. The lowest BCUT2D eigenvalue weighted by Gasteiger charge is -2.36. The maximum absolute atomic E-state index is 3.60. The van der Waals surface area contributed by atoms with E-state index in [0.717, 1.165) is 24.9 Å². The van der Waals surface area contributed by atoms with Crippen molar-refractivity contribution >= 4 is 15.9 Å². The molecule has 0 bridgehead atoms. The van der Waals surface area contributed by atoms with E-state index < -0.39 is 0 Å². The highest BCUT2D eigenvalue weighted by Gasteiger charge is 2.29. The van der Waals surface area contributed by atoms with Crippen molar-refractivity contribution in [3.05, 3.63) is 46.5 Å². The number of rotatable bonds is 5. The van der Waals surface area contributed by atoms with Crippen LogP contribution in [0.25, 0.3) is 0 Å². The summed E-state index contributed by atoms with van der Waals surface area (Å²) in [5, 5.41) is 3.60. The second-order valence-corrected chi connectivity index (χ2v) is 5.64. The van der Waals surface area contributed by atoms with Crippen LogP contribution in [0, 0.1) is 0 Å². The normalized spacial score (nSPS) is 23.9. The number of allylic oxidation sites excluding steroid dienone is 1. The third-order valence-corrected chi connectivity index (χ3v) is 3.99. The van der Waals surface area contributed by atoms with E-state index >= 15 is 0 Å². The monoisotopic (exact) mass is 293 g/mol. The lowest BCUT2D eigenvalue weighted by Crippen LogP contribution is -2.40. The molecule has 1 aliphatic rings. The van der Waals surface area contributed by atoms with Gasteiger partial charge in [-0.1, -0.05) is 40.2 Å². The summed E-state index contributed by atoms with van der Waals surface area (Å²) in [5.41, 5.74) is 1.49. The number of hydrogen-bond acceptors (Lipinski definition) is 1. The highest BCUT2D eigenvalue weighted by Crippen LogP contribution is 2.37. The minimum atomic E-state index is 0.730. The summed E-state index contributed by atoms with van der Waals surface area (Å²) < 4.78 is 1.17. The predicted molar refractivity (Wildman–Crippen MR) is 77.3 cm³/mol. The maximum atomic E-state index is 3.60. The van der Waals surface area contributed by atoms with Crippen molar-refractivity contribution in [1.82, 2.24) is 5.32 Å². The predicted octanol–water partition coefficient (Wildman–Crippen LogP) is 4.25. The number of benzene rings is 1. The van der Waals surface area contributed by atoms with Gasteiger partial charge in [-0.25, -0.2) is 0 Å².